The van der Waals surface area contributed by atoms with Crippen LogP contribution in [0.1, 0.15) is 32.0 Å². The molecule has 27 heavy (non-hydrogen) atoms. The summed E-state index contributed by atoms with van der Waals surface area (Å²) in [5, 5.41) is 10.8. The molecule has 1 N–H and O–H groups in total. The zero-order valence-electron chi connectivity index (χ0n) is 15.0. The van der Waals surface area contributed by atoms with Crippen molar-refractivity contribution in [1.29, 1.82) is 0 Å². The second-order valence-corrected chi connectivity index (χ2v) is 7.87. The lowest BCUT2D eigenvalue weighted by molar-refractivity contribution is -0.137. The van der Waals surface area contributed by atoms with Crippen molar-refractivity contribution >= 4 is 58.3 Å². The molecule has 1 aromatic heterocycles. The molecule has 3 rings (SSSR count). The van der Waals surface area contributed by atoms with E-state index in [0.717, 1.165) is 0 Å². The van der Waals surface area contributed by atoms with Gasteiger partial charge in [0.25, 0.3) is 0 Å². The second-order valence-electron chi connectivity index (χ2n) is 7.05. The van der Waals surface area contributed by atoms with Gasteiger partial charge in [-0.3, -0.25) is 9.69 Å². The van der Waals surface area contributed by atoms with Gasteiger partial charge in [0.1, 0.15) is 12.1 Å². The van der Waals surface area contributed by atoms with Gasteiger partial charge in [0, 0.05) is 23.3 Å². The standard InChI is InChI=1S/C19H18Cl2N2O4/c1-19(2,3)27-18(26)22-8-6-11-14(7-9-22)23(10-15(24)25)17-13(21)5-4-12(20)16(11)17/h4-9H,10H2,1-3H3,(H,24,25). The number of benzene rings is 1. The van der Waals surface area contributed by atoms with Crippen LogP contribution in [0.25, 0.3) is 23.1 Å². The molecule has 142 valence electrons. The van der Waals surface area contributed by atoms with Gasteiger partial charge in [0.15, 0.2) is 0 Å². The Morgan fingerprint density at radius 1 is 1.11 bits per heavy atom. The van der Waals surface area contributed by atoms with Gasteiger partial charge >= 0.3 is 12.1 Å². The Kier molecular flexibility index (Phi) is 4.97. The number of hydrogen-bond donors (Lipinski definition) is 1. The maximum absolute atomic E-state index is 12.3. The summed E-state index contributed by atoms with van der Waals surface area (Å²) < 4.78 is 6.94. The van der Waals surface area contributed by atoms with Crippen LogP contribution in [0, 0.1) is 0 Å². The molecule has 1 aliphatic heterocycles. The van der Waals surface area contributed by atoms with Crippen molar-refractivity contribution in [2.45, 2.75) is 32.9 Å². The highest BCUT2D eigenvalue weighted by Gasteiger charge is 2.24. The summed E-state index contributed by atoms with van der Waals surface area (Å²) in [6.45, 7) is 5.04. The highest BCUT2D eigenvalue weighted by Crippen LogP contribution is 2.38. The van der Waals surface area contributed by atoms with E-state index in [4.69, 9.17) is 27.9 Å². The third kappa shape index (κ3) is 3.82. The third-order valence-corrected chi connectivity index (χ3v) is 4.50. The van der Waals surface area contributed by atoms with E-state index in [1.54, 1.807) is 55.8 Å². The Bertz CT molecular complexity index is 1000. The van der Waals surface area contributed by atoms with Crippen LogP contribution in [-0.2, 0) is 16.1 Å². The monoisotopic (exact) mass is 408 g/mol. The normalized spacial score (nSPS) is 13.6. The Morgan fingerprint density at radius 2 is 1.74 bits per heavy atom. The van der Waals surface area contributed by atoms with Gasteiger partial charge < -0.3 is 14.4 Å². The van der Waals surface area contributed by atoms with Gasteiger partial charge in [-0.25, -0.2) is 4.79 Å². The molecular formula is C19H18Cl2N2O4. The van der Waals surface area contributed by atoms with Crippen LogP contribution in [-0.4, -0.2) is 32.2 Å². The molecule has 0 saturated heterocycles. The number of carboxylic acids is 1. The first-order valence-corrected chi connectivity index (χ1v) is 8.94. The quantitative estimate of drug-likeness (QED) is 0.738. The van der Waals surface area contributed by atoms with Gasteiger partial charge in [-0.1, -0.05) is 23.2 Å². The summed E-state index contributed by atoms with van der Waals surface area (Å²) in [5.41, 5.74) is 1.17. The minimum atomic E-state index is -1.02. The van der Waals surface area contributed by atoms with E-state index < -0.39 is 17.7 Å². The maximum atomic E-state index is 12.3. The Balaban J connectivity index is 2.15. The molecule has 0 atom stereocenters. The van der Waals surface area contributed by atoms with Crippen molar-refractivity contribution < 1.29 is 19.4 Å². The maximum Gasteiger partial charge on any atom is 0.418 e. The van der Waals surface area contributed by atoms with Crippen LogP contribution in [0.3, 0.4) is 0 Å². The van der Waals surface area contributed by atoms with E-state index >= 15 is 0 Å². The SMILES string of the molecule is CC(C)(C)OC(=O)N1C=Cc2c(n(CC(=O)O)c3c(Cl)ccc(Cl)c23)C=C1. The second kappa shape index (κ2) is 6.94. The zero-order chi connectivity index (χ0) is 19.9. The average molecular weight is 409 g/mol. The van der Waals surface area contributed by atoms with Gasteiger partial charge in [-0.2, -0.15) is 0 Å². The molecule has 6 nitrogen and oxygen atoms in total. The molecule has 0 unspecified atom stereocenters. The first kappa shape index (κ1) is 19.3. The summed E-state index contributed by atoms with van der Waals surface area (Å²) in [5.74, 6) is -1.02. The summed E-state index contributed by atoms with van der Waals surface area (Å²) >= 11 is 12.7. The molecule has 0 saturated carbocycles. The minimum Gasteiger partial charge on any atom is -0.480 e. The molecule has 0 bridgehead atoms. The lowest BCUT2D eigenvalue weighted by atomic mass is 10.1. The predicted molar refractivity (Wildman–Crippen MR) is 106 cm³/mol. The number of carbonyl (C=O) groups excluding carboxylic acids is 1. The molecule has 2 heterocycles. The molecule has 0 aliphatic carbocycles. The number of ether oxygens (including phenoxy) is 1. The fourth-order valence-corrected chi connectivity index (χ4v) is 3.41. The highest BCUT2D eigenvalue weighted by atomic mass is 35.5. The fourth-order valence-electron chi connectivity index (χ4n) is 2.89. The molecule has 8 heteroatoms. The van der Waals surface area contributed by atoms with E-state index in [1.807, 2.05) is 0 Å². The van der Waals surface area contributed by atoms with Crippen molar-refractivity contribution in [3.05, 3.63) is 45.8 Å². The lowest BCUT2D eigenvalue weighted by Crippen LogP contribution is -2.30. The number of halogens is 2. The smallest absolute Gasteiger partial charge is 0.418 e. The molecule has 0 fully saturated rings. The number of aromatic nitrogens is 1. The van der Waals surface area contributed by atoms with E-state index in [9.17, 15) is 14.7 Å². The molecule has 2 aromatic rings. The molecular weight excluding hydrogens is 391 g/mol. The van der Waals surface area contributed by atoms with E-state index in [0.29, 0.717) is 32.2 Å². The van der Waals surface area contributed by atoms with E-state index in [-0.39, 0.29) is 6.54 Å². The average Bonchev–Trinajstić information content (AvgIpc) is 2.71. The molecule has 0 spiro atoms. The Labute approximate surface area is 166 Å². The lowest BCUT2D eigenvalue weighted by Gasteiger charge is -2.22. The summed E-state index contributed by atoms with van der Waals surface area (Å²) in [4.78, 5) is 25.0. The Hall–Kier alpha value is -2.44. The third-order valence-electron chi connectivity index (χ3n) is 3.88. The first-order chi connectivity index (χ1) is 12.6. The van der Waals surface area contributed by atoms with Crippen LogP contribution < -0.4 is 0 Å². The molecule has 1 aliphatic rings. The highest BCUT2D eigenvalue weighted by molar-refractivity contribution is 6.40. The topological polar surface area (TPSA) is 71.8 Å². The van der Waals surface area contributed by atoms with Crippen molar-refractivity contribution in [1.82, 2.24) is 9.47 Å². The van der Waals surface area contributed by atoms with Gasteiger partial charge in [-0.05, 0) is 45.1 Å². The van der Waals surface area contributed by atoms with Gasteiger partial charge in [0.2, 0.25) is 0 Å². The fraction of sp³-hybridized carbons (Fsp3) is 0.263. The molecule has 0 radical (unpaired) electrons. The first-order valence-electron chi connectivity index (χ1n) is 8.18. The predicted octanol–water partition coefficient (Wildman–Crippen LogP) is 5.22. The number of carboxylic acid groups (broad SMARTS) is 1. The van der Waals surface area contributed by atoms with Crippen LogP contribution in [0.15, 0.2) is 24.5 Å². The van der Waals surface area contributed by atoms with Gasteiger partial charge in [-0.15, -0.1) is 0 Å². The molecule has 1 amide bonds. The summed E-state index contributed by atoms with van der Waals surface area (Å²) in [6.07, 6.45) is 5.88. The van der Waals surface area contributed by atoms with E-state index in [2.05, 4.69) is 0 Å². The molecule has 1 aromatic carbocycles. The van der Waals surface area contributed by atoms with Crippen LogP contribution in [0.2, 0.25) is 10.0 Å². The van der Waals surface area contributed by atoms with Crippen molar-refractivity contribution in [2.24, 2.45) is 0 Å². The minimum absolute atomic E-state index is 0.295. The number of amides is 1. The Morgan fingerprint density at radius 3 is 2.37 bits per heavy atom. The number of nitrogens with zero attached hydrogens (tertiary/aromatic N) is 2. The van der Waals surface area contributed by atoms with Crippen LogP contribution >= 0.6 is 23.2 Å². The van der Waals surface area contributed by atoms with E-state index in [1.165, 1.54) is 11.1 Å². The number of fused-ring (bicyclic) bond motifs is 3. The van der Waals surface area contributed by atoms with Gasteiger partial charge in [0.05, 0.1) is 21.3 Å². The van der Waals surface area contributed by atoms with Crippen molar-refractivity contribution in [3.8, 4) is 0 Å². The number of aliphatic carboxylic acids is 1. The summed E-state index contributed by atoms with van der Waals surface area (Å²) in [7, 11) is 0. The van der Waals surface area contributed by atoms with Crippen LogP contribution in [0.4, 0.5) is 4.79 Å². The number of carbonyl (C=O) groups is 2. The van der Waals surface area contributed by atoms with Crippen molar-refractivity contribution in [3.63, 3.8) is 0 Å². The zero-order valence-corrected chi connectivity index (χ0v) is 16.5. The summed E-state index contributed by atoms with van der Waals surface area (Å²) in [6, 6.07) is 3.29. The largest absolute Gasteiger partial charge is 0.480 e. The van der Waals surface area contributed by atoms with Crippen molar-refractivity contribution in [2.75, 3.05) is 0 Å². The number of hydrogen-bond acceptors (Lipinski definition) is 3. The number of rotatable bonds is 2. The van der Waals surface area contributed by atoms with Crippen LogP contribution in [0.5, 0.6) is 0 Å².